The number of nitrogens with zero attached hydrogens (tertiary/aromatic N) is 3. The van der Waals surface area contributed by atoms with Gasteiger partial charge in [-0.25, -0.2) is 0 Å². The lowest BCUT2D eigenvalue weighted by atomic mass is 10.2. The summed E-state index contributed by atoms with van der Waals surface area (Å²) in [4.78, 5) is 12.0. The van der Waals surface area contributed by atoms with Gasteiger partial charge in [0.25, 0.3) is 5.22 Å². The fourth-order valence-corrected chi connectivity index (χ4v) is 2.76. The van der Waals surface area contributed by atoms with Gasteiger partial charge in [-0.1, -0.05) is 41.6 Å². The van der Waals surface area contributed by atoms with Gasteiger partial charge in [0, 0.05) is 11.3 Å². The molecule has 0 aliphatic carbocycles. The first-order valence-electron chi connectivity index (χ1n) is 7.17. The summed E-state index contributed by atoms with van der Waals surface area (Å²) in [6.07, 6.45) is 0. The quantitative estimate of drug-likeness (QED) is 0.682. The first kappa shape index (κ1) is 17.0. The van der Waals surface area contributed by atoms with Crippen molar-refractivity contribution in [1.29, 1.82) is 5.26 Å². The summed E-state index contributed by atoms with van der Waals surface area (Å²) in [6.45, 7) is 0. The molecule has 0 saturated carbocycles. The van der Waals surface area contributed by atoms with E-state index in [0.717, 1.165) is 17.3 Å². The highest BCUT2D eigenvalue weighted by Gasteiger charge is 2.11. The molecule has 25 heavy (non-hydrogen) atoms. The van der Waals surface area contributed by atoms with Gasteiger partial charge in [-0.05, 0) is 30.3 Å². The van der Waals surface area contributed by atoms with E-state index in [1.807, 2.05) is 36.4 Å². The van der Waals surface area contributed by atoms with Gasteiger partial charge in [-0.2, -0.15) is 5.26 Å². The SMILES string of the molecule is N#Cc1ccc(NC(=O)CSc2nnc(-c3ccccc3)o2)cc1Cl. The number of nitriles is 1. The molecule has 3 rings (SSSR count). The minimum absolute atomic E-state index is 0.105. The number of thioether (sulfide) groups is 1. The number of nitrogens with one attached hydrogen (secondary N) is 1. The van der Waals surface area contributed by atoms with Crippen molar-refractivity contribution in [3.63, 3.8) is 0 Å². The van der Waals surface area contributed by atoms with Crippen molar-refractivity contribution in [1.82, 2.24) is 10.2 Å². The Morgan fingerprint density at radius 1 is 1.24 bits per heavy atom. The Labute approximate surface area is 152 Å². The number of aromatic nitrogens is 2. The van der Waals surface area contributed by atoms with Crippen LogP contribution in [0, 0.1) is 11.3 Å². The topological polar surface area (TPSA) is 91.8 Å². The lowest BCUT2D eigenvalue weighted by molar-refractivity contribution is -0.113. The van der Waals surface area contributed by atoms with Gasteiger partial charge in [0.2, 0.25) is 11.8 Å². The number of halogens is 1. The molecule has 0 bridgehead atoms. The number of carbonyl (C=O) groups excluding carboxylic acids is 1. The maximum atomic E-state index is 12.0. The van der Waals surface area contributed by atoms with Gasteiger partial charge in [-0.3, -0.25) is 4.79 Å². The molecule has 0 radical (unpaired) electrons. The Morgan fingerprint density at radius 3 is 2.76 bits per heavy atom. The number of hydrogen-bond acceptors (Lipinski definition) is 6. The average molecular weight is 371 g/mol. The molecule has 124 valence electrons. The van der Waals surface area contributed by atoms with Crippen molar-refractivity contribution in [2.24, 2.45) is 0 Å². The molecule has 0 aliphatic rings. The molecule has 1 N–H and O–H groups in total. The van der Waals surface area contributed by atoms with E-state index in [0.29, 0.717) is 22.4 Å². The van der Waals surface area contributed by atoms with Crippen molar-refractivity contribution < 1.29 is 9.21 Å². The predicted octanol–water partition coefficient (Wildman–Crippen LogP) is 3.99. The zero-order valence-corrected chi connectivity index (χ0v) is 14.3. The summed E-state index contributed by atoms with van der Waals surface area (Å²) in [5.74, 6) is 0.265. The normalized spacial score (nSPS) is 10.2. The zero-order valence-electron chi connectivity index (χ0n) is 12.8. The van der Waals surface area contributed by atoms with Crippen LogP contribution < -0.4 is 5.32 Å². The summed E-state index contributed by atoms with van der Waals surface area (Å²) in [7, 11) is 0. The Morgan fingerprint density at radius 2 is 2.04 bits per heavy atom. The maximum Gasteiger partial charge on any atom is 0.277 e. The van der Waals surface area contributed by atoms with Gasteiger partial charge >= 0.3 is 0 Å². The Bertz CT molecular complexity index is 937. The van der Waals surface area contributed by atoms with E-state index in [1.54, 1.807) is 12.1 Å². The average Bonchev–Trinajstić information content (AvgIpc) is 3.10. The second-order valence-electron chi connectivity index (χ2n) is 4.88. The molecular weight excluding hydrogens is 360 g/mol. The summed E-state index contributed by atoms with van der Waals surface area (Å²) < 4.78 is 5.52. The first-order chi connectivity index (χ1) is 12.2. The van der Waals surface area contributed by atoms with E-state index in [-0.39, 0.29) is 16.7 Å². The number of anilines is 1. The van der Waals surface area contributed by atoms with Crippen molar-refractivity contribution in [3.8, 4) is 17.5 Å². The molecule has 1 heterocycles. The summed E-state index contributed by atoms with van der Waals surface area (Å²) in [5, 5.41) is 20.0. The van der Waals surface area contributed by atoms with Crippen LogP contribution in [0.1, 0.15) is 5.56 Å². The van der Waals surface area contributed by atoms with Crippen molar-refractivity contribution in [2.45, 2.75) is 5.22 Å². The van der Waals surface area contributed by atoms with Crippen LogP contribution in [0.4, 0.5) is 5.69 Å². The van der Waals surface area contributed by atoms with E-state index in [1.165, 1.54) is 6.07 Å². The highest BCUT2D eigenvalue weighted by Crippen LogP contribution is 2.24. The van der Waals surface area contributed by atoms with Gasteiger partial charge in [0.1, 0.15) is 6.07 Å². The molecule has 0 aliphatic heterocycles. The van der Waals surface area contributed by atoms with Crippen LogP contribution >= 0.6 is 23.4 Å². The standard InChI is InChI=1S/C17H11ClN4O2S/c18-14-8-13(7-6-12(14)9-19)20-15(23)10-25-17-22-21-16(24-17)11-4-2-1-3-5-11/h1-8H,10H2,(H,20,23). The van der Waals surface area contributed by atoms with Gasteiger partial charge in [0.05, 0.1) is 16.3 Å². The third kappa shape index (κ3) is 4.38. The van der Waals surface area contributed by atoms with Crippen LogP contribution in [0.2, 0.25) is 5.02 Å². The minimum Gasteiger partial charge on any atom is -0.411 e. The van der Waals surface area contributed by atoms with E-state index >= 15 is 0 Å². The fourth-order valence-electron chi connectivity index (χ4n) is 1.97. The number of amides is 1. The zero-order chi connectivity index (χ0) is 17.6. The molecule has 8 heteroatoms. The third-order valence-electron chi connectivity index (χ3n) is 3.13. The van der Waals surface area contributed by atoms with Crippen LogP contribution in [0.15, 0.2) is 58.2 Å². The predicted molar refractivity (Wildman–Crippen MR) is 95.3 cm³/mol. The molecule has 0 spiro atoms. The van der Waals surface area contributed by atoms with Crippen LogP contribution in [0.25, 0.3) is 11.5 Å². The van der Waals surface area contributed by atoms with E-state index in [4.69, 9.17) is 21.3 Å². The van der Waals surface area contributed by atoms with E-state index in [2.05, 4.69) is 15.5 Å². The molecule has 0 atom stereocenters. The minimum atomic E-state index is -0.245. The Hall–Kier alpha value is -2.82. The number of rotatable bonds is 5. The molecule has 6 nitrogen and oxygen atoms in total. The number of hydrogen-bond donors (Lipinski definition) is 1. The highest BCUT2D eigenvalue weighted by molar-refractivity contribution is 7.99. The molecule has 2 aromatic carbocycles. The third-order valence-corrected chi connectivity index (χ3v) is 4.26. The van der Waals surface area contributed by atoms with Crippen molar-refractivity contribution >= 4 is 35.0 Å². The second-order valence-corrected chi connectivity index (χ2v) is 6.22. The summed E-state index contributed by atoms with van der Waals surface area (Å²) >= 11 is 7.07. The highest BCUT2D eigenvalue weighted by atomic mass is 35.5. The van der Waals surface area contributed by atoms with Gasteiger partial charge in [0.15, 0.2) is 0 Å². The second kappa shape index (κ2) is 7.83. The first-order valence-corrected chi connectivity index (χ1v) is 8.53. The van der Waals surface area contributed by atoms with Crippen LogP contribution in [0.5, 0.6) is 0 Å². The van der Waals surface area contributed by atoms with E-state index < -0.39 is 0 Å². The molecular formula is C17H11ClN4O2S. The molecule has 0 fully saturated rings. The summed E-state index contributed by atoms with van der Waals surface area (Å²) in [6, 6.07) is 16.0. The Balaban J connectivity index is 1.57. The largest absolute Gasteiger partial charge is 0.411 e. The van der Waals surface area contributed by atoms with Crippen molar-refractivity contribution in [2.75, 3.05) is 11.1 Å². The summed E-state index contributed by atoms with van der Waals surface area (Å²) in [5.41, 5.74) is 1.69. The fraction of sp³-hybridized carbons (Fsp3) is 0.0588. The monoisotopic (exact) mass is 370 g/mol. The lowest BCUT2D eigenvalue weighted by Crippen LogP contribution is -2.14. The van der Waals surface area contributed by atoms with Crippen LogP contribution in [-0.4, -0.2) is 21.9 Å². The van der Waals surface area contributed by atoms with Crippen molar-refractivity contribution in [3.05, 3.63) is 59.1 Å². The number of carbonyl (C=O) groups is 1. The lowest BCUT2D eigenvalue weighted by Gasteiger charge is -2.05. The van der Waals surface area contributed by atoms with Crippen LogP contribution in [0.3, 0.4) is 0 Å². The molecule has 0 saturated heterocycles. The smallest absolute Gasteiger partial charge is 0.277 e. The van der Waals surface area contributed by atoms with Gasteiger partial charge < -0.3 is 9.73 Å². The van der Waals surface area contributed by atoms with Gasteiger partial charge in [-0.15, -0.1) is 10.2 Å². The molecule has 0 unspecified atom stereocenters. The van der Waals surface area contributed by atoms with Crippen LogP contribution in [-0.2, 0) is 4.79 Å². The molecule has 1 amide bonds. The molecule has 1 aromatic heterocycles. The number of benzene rings is 2. The molecule has 3 aromatic rings. The maximum absolute atomic E-state index is 12.0. The van der Waals surface area contributed by atoms with E-state index in [9.17, 15) is 4.79 Å². The Kier molecular flexibility index (Phi) is 5.33.